The van der Waals surface area contributed by atoms with Gasteiger partial charge in [0.05, 0.1) is 6.20 Å². The number of aryl methyl sites for hydroxylation is 1. The summed E-state index contributed by atoms with van der Waals surface area (Å²) in [6, 6.07) is 0. The fourth-order valence-electron chi connectivity index (χ4n) is 0.998. The molecule has 56 valence electrons. The number of hydrogen-bond donors (Lipinski definition) is 1. The number of nitrogen functional groups attached to an aromatic ring is 1. The molecule has 4 nitrogen and oxygen atoms in total. The van der Waals surface area contributed by atoms with Crippen molar-refractivity contribution >= 4 is 11.6 Å². The first kappa shape index (κ1) is 6.15. The molecule has 0 radical (unpaired) electrons. The van der Waals surface area contributed by atoms with Crippen molar-refractivity contribution in [1.82, 2.24) is 14.4 Å². The number of aromatic nitrogens is 3. The molecule has 2 rings (SSSR count). The van der Waals surface area contributed by atoms with E-state index in [1.807, 2.05) is 13.1 Å². The van der Waals surface area contributed by atoms with Crippen molar-refractivity contribution in [3.8, 4) is 0 Å². The highest BCUT2D eigenvalue weighted by Gasteiger charge is 1.98. The van der Waals surface area contributed by atoms with Gasteiger partial charge in [-0.05, 0) is 12.5 Å². The molecule has 2 aromatic heterocycles. The van der Waals surface area contributed by atoms with E-state index in [9.17, 15) is 0 Å². The predicted octanol–water partition coefficient (Wildman–Crippen LogP) is 0.620. The zero-order chi connectivity index (χ0) is 7.84. The number of nitrogens with two attached hydrogens (primary N) is 1. The van der Waals surface area contributed by atoms with Gasteiger partial charge in [-0.3, -0.25) is 4.40 Å². The van der Waals surface area contributed by atoms with Gasteiger partial charge in [-0.2, -0.15) is 0 Å². The van der Waals surface area contributed by atoms with Crippen LogP contribution >= 0.6 is 0 Å². The van der Waals surface area contributed by atoms with Crippen LogP contribution in [0.2, 0.25) is 0 Å². The minimum atomic E-state index is 0.483. The Labute approximate surface area is 63.7 Å². The van der Waals surface area contributed by atoms with Gasteiger partial charge < -0.3 is 5.73 Å². The lowest BCUT2D eigenvalue weighted by Crippen LogP contribution is -1.95. The summed E-state index contributed by atoms with van der Waals surface area (Å²) >= 11 is 0. The first-order chi connectivity index (χ1) is 5.27. The average molecular weight is 148 g/mol. The molecule has 0 aliphatic carbocycles. The highest BCUT2D eigenvalue weighted by Crippen LogP contribution is 2.05. The van der Waals surface area contributed by atoms with Gasteiger partial charge in [-0.25, -0.2) is 9.97 Å². The summed E-state index contributed by atoms with van der Waals surface area (Å²) in [5.74, 6) is 0.483. The summed E-state index contributed by atoms with van der Waals surface area (Å²) in [6.07, 6.45) is 5.34. The van der Waals surface area contributed by atoms with E-state index in [1.165, 1.54) is 0 Å². The van der Waals surface area contributed by atoms with E-state index >= 15 is 0 Å². The van der Waals surface area contributed by atoms with E-state index in [0.29, 0.717) is 5.95 Å². The quantitative estimate of drug-likeness (QED) is 0.595. The van der Waals surface area contributed by atoms with Crippen LogP contribution in [0.4, 0.5) is 5.95 Å². The Morgan fingerprint density at radius 1 is 1.36 bits per heavy atom. The zero-order valence-electron chi connectivity index (χ0n) is 6.15. The third-order valence-electron chi connectivity index (χ3n) is 1.54. The summed E-state index contributed by atoms with van der Waals surface area (Å²) in [5, 5.41) is 0. The van der Waals surface area contributed by atoms with Gasteiger partial charge in [0.25, 0.3) is 0 Å². The first-order valence-electron chi connectivity index (χ1n) is 3.32. The molecule has 0 aliphatic rings. The van der Waals surface area contributed by atoms with Crippen LogP contribution in [-0.4, -0.2) is 14.4 Å². The van der Waals surface area contributed by atoms with Crippen LogP contribution in [0.25, 0.3) is 5.65 Å². The molecule has 0 unspecified atom stereocenters. The molecule has 2 aromatic rings. The van der Waals surface area contributed by atoms with E-state index in [-0.39, 0.29) is 0 Å². The molecule has 11 heavy (non-hydrogen) atoms. The van der Waals surface area contributed by atoms with E-state index in [4.69, 9.17) is 5.73 Å². The Bertz CT molecular complexity index is 390. The second-order valence-corrected chi connectivity index (χ2v) is 2.48. The van der Waals surface area contributed by atoms with Crippen molar-refractivity contribution in [3.63, 3.8) is 0 Å². The smallest absolute Gasteiger partial charge is 0.206 e. The topological polar surface area (TPSA) is 56.2 Å². The summed E-state index contributed by atoms with van der Waals surface area (Å²) < 4.78 is 1.76. The Hall–Kier alpha value is -1.58. The maximum Gasteiger partial charge on any atom is 0.206 e. The van der Waals surface area contributed by atoms with Gasteiger partial charge in [-0.1, -0.05) is 0 Å². The lowest BCUT2D eigenvalue weighted by Gasteiger charge is -1.95. The number of rotatable bonds is 0. The number of anilines is 1. The molecule has 2 N–H and O–H groups in total. The lowest BCUT2D eigenvalue weighted by atomic mass is 10.4. The van der Waals surface area contributed by atoms with Crippen molar-refractivity contribution in [2.75, 3.05) is 5.73 Å². The number of nitrogens with zero attached hydrogens (tertiary/aromatic N) is 3. The summed E-state index contributed by atoms with van der Waals surface area (Å²) in [4.78, 5) is 8.04. The molecule has 0 atom stereocenters. The van der Waals surface area contributed by atoms with Gasteiger partial charge in [0.2, 0.25) is 5.95 Å². The van der Waals surface area contributed by atoms with Crippen LogP contribution in [0.15, 0.2) is 18.6 Å². The van der Waals surface area contributed by atoms with Crippen molar-refractivity contribution in [1.29, 1.82) is 0 Å². The first-order valence-corrected chi connectivity index (χ1v) is 3.32. The summed E-state index contributed by atoms with van der Waals surface area (Å²) in [6.45, 7) is 1.96. The van der Waals surface area contributed by atoms with Gasteiger partial charge in [0.15, 0.2) is 5.65 Å². The molecule has 0 aromatic carbocycles. The van der Waals surface area contributed by atoms with E-state index in [0.717, 1.165) is 11.2 Å². The fraction of sp³-hybridized carbons (Fsp3) is 0.143. The van der Waals surface area contributed by atoms with Crippen LogP contribution in [0.5, 0.6) is 0 Å². The predicted molar refractivity (Wildman–Crippen MR) is 42.1 cm³/mol. The SMILES string of the molecule is Cc1cnc2cnc(N)n2c1. The zero-order valence-corrected chi connectivity index (χ0v) is 6.15. The van der Waals surface area contributed by atoms with Crippen LogP contribution in [-0.2, 0) is 0 Å². The molecule has 0 aliphatic heterocycles. The molecular weight excluding hydrogens is 140 g/mol. The number of hydrogen-bond acceptors (Lipinski definition) is 3. The van der Waals surface area contributed by atoms with Gasteiger partial charge in [0.1, 0.15) is 0 Å². The maximum atomic E-state index is 5.56. The average Bonchev–Trinajstić information content (AvgIpc) is 2.33. The molecular formula is C7H8N4. The second kappa shape index (κ2) is 1.95. The summed E-state index contributed by atoms with van der Waals surface area (Å²) in [7, 11) is 0. The minimum Gasteiger partial charge on any atom is -0.369 e. The van der Waals surface area contributed by atoms with Crippen molar-refractivity contribution < 1.29 is 0 Å². The lowest BCUT2D eigenvalue weighted by molar-refractivity contribution is 1.10. The van der Waals surface area contributed by atoms with E-state index < -0.39 is 0 Å². The maximum absolute atomic E-state index is 5.56. The van der Waals surface area contributed by atoms with Gasteiger partial charge >= 0.3 is 0 Å². The number of imidazole rings is 1. The largest absolute Gasteiger partial charge is 0.369 e. The van der Waals surface area contributed by atoms with Crippen LogP contribution < -0.4 is 5.73 Å². The van der Waals surface area contributed by atoms with Crippen molar-refractivity contribution in [3.05, 3.63) is 24.2 Å². The second-order valence-electron chi connectivity index (χ2n) is 2.48. The van der Waals surface area contributed by atoms with Crippen LogP contribution in [0, 0.1) is 6.92 Å². The highest BCUT2D eigenvalue weighted by atomic mass is 15.1. The molecule has 0 amide bonds. The number of fused-ring (bicyclic) bond motifs is 1. The highest BCUT2D eigenvalue weighted by molar-refractivity contribution is 5.43. The van der Waals surface area contributed by atoms with E-state index in [2.05, 4.69) is 9.97 Å². The molecule has 4 heteroatoms. The third kappa shape index (κ3) is 0.832. The Kier molecular flexibility index (Phi) is 1.09. The van der Waals surface area contributed by atoms with Gasteiger partial charge in [0, 0.05) is 12.4 Å². The minimum absolute atomic E-state index is 0.483. The van der Waals surface area contributed by atoms with Crippen molar-refractivity contribution in [2.45, 2.75) is 6.92 Å². The van der Waals surface area contributed by atoms with Crippen LogP contribution in [0.3, 0.4) is 0 Å². The molecule has 0 saturated heterocycles. The van der Waals surface area contributed by atoms with Gasteiger partial charge in [-0.15, -0.1) is 0 Å². The normalized spacial score (nSPS) is 10.6. The van der Waals surface area contributed by atoms with Crippen LogP contribution in [0.1, 0.15) is 5.56 Å². The van der Waals surface area contributed by atoms with Crippen molar-refractivity contribution in [2.24, 2.45) is 0 Å². The third-order valence-corrected chi connectivity index (χ3v) is 1.54. The Balaban J connectivity index is 2.87. The molecule has 0 fully saturated rings. The Morgan fingerprint density at radius 2 is 2.18 bits per heavy atom. The summed E-state index contributed by atoms with van der Waals surface area (Å²) in [5.41, 5.74) is 7.41. The molecule has 2 heterocycles. The fourth-order valence-corrected chi connectivity index (χ4v) is 0.998. The van der Waals surface area contributed by atoms with E-state index in [1.54, 1.807) is 16.8 Å². The monoisotopic (exact) mass is 148 g/mol. The molecule has 0 saturated carbocycles. The Morgan fingerprint density at radius 3 is 3.00 bits per heavy atom. The molecule has 0 spiro atoms. The standard InChI is InChI=1S/C7H8N4/c1-5-2-9-6-3-10-7(8)11(6)4-5/h2-4H,1H3,(H2,8,10). The molecule has 0 bridgehead atoms.